The summed E-state index contributed by atoms with van der Waals surface area (Å²) in [5, 5.41) is 14.0. The van der Waals surface area contributed by atoms with E-state index in [1.807, 2.05) is 47.0 Å². The average molecular weight is 350 g/mol. The lowest BCUT2D eigenvalue weighted by molar-refractivity contribution is 0.306. The highest BCUT2D eigenvalue weighted by Gasteiger charge is 2.12. The van der Waals surface area contributed by atoms with E-state index in [1.165, 1.54) is 0 Å². The van der Waals surface area contributed by atoms with Crippen molar-refractivity contribution in [1.29, 1.82) is 0 Å². The lowest BCUT2D eigenvalue weighted by atomic mass is 10.2. The molecule has 5 nitrogen and oxygen atoms in total. The number of ether oxygens (including phenoxy) is 1. The molecule has 0 atom stereocenters. The fraction of sp³-hybridized carbons (Fsp3) is 0.211. The molecule has 2 aromatic carbocycles. The molecule has 6 heteroatoms. The van der Waals surface area contributed by atoms with E-state index in [9.17, 15) is 0 Å². The van der Waals surface area contributed by atoms with Gasteiger partial charge in [-0.25, -0.2) is 0 Å². The predicted octanol–water partition coefficient (Wildman–Crippen LogP) is 4.38. The van der Waals surface area contributed by atoms with Gasteiger partial charge in [-0.2, -0.15) is 9.61 Å². The maximum absolute atomic E-state index is 5.91. The summed E-state index contributed by atoms with van der Waals surface area (Å²) in [5.41, 5.74) is 2.18. The number of hydrogen-bond acceptors (Lipinski definition) is 5. The molecule has 0 spiro atoms. The largest absolute Gasteiger partial charge is 0.489 e. The number of rotatable bonds is 6. The molecule has 0 aliphatic rings. The van der Waals surface area contributed by atoms with Crippen LogP contribution in [-0.2, 0) is 13.0 Å². The molecule has 2 aromatic heterocycles. The molecular formula is C19H18N4OS. The summed E-state index contributed by atoms with van der Waals surface area (Å²) in [6.07, 6.45) is 1.90. The van der Waals surface area contributed by atoms with E-state index < -0.39 is 0 Å². The Balaban J connectivity index is 1.56. The highest BCUT2D eigenvalue weighted by molar-refractivity contribution is 7.19. The van der Waals surface area contributed by atoms with Crippen molar-refractivity contribution < 1.29 is 4.74 Å². The van der Waals surface area contributed by atoms with Crippen molar-refractivity contribution in [1.82, 2.24) is 19.8 Å². The minimum absolute atomic E-state index is 0.552. The number of nitrogens with zero attached hydrogens (tertiary/aromatic N) is 4. The standard InChI is InChI=1S/C19H18N4OS/c1-2-7-17-20-21-19-23(17)22-18(25-19)15-10-6-11-16(12-15)24-13-14-8-4-3-5-9-14/h3-6,8-12H,2,7,13H2,1H3. The van der Waals surface area contributed by atoms with Gasteiger partial charge >= 0.3 is 0 Å². The predicted molar refractivity (Wildman–Crippen MR) is 98.9 cm³/mol. The van der Waals surface area contributed by atoms with E-state index in [0.29, 0.717) is 6.61 Å². The van der Waals surface area contributed by atoms with Gasteiger partial charge in [0.1, 0.15) is 17.4 Å². The van der Waals surface area contributed by atoms with Gasteiger partial charge in [-0.15, -0.1) is 10.2 Å². The molecule has 2 heterocycles. The molecule has 4 aromatic rings. The Morgan fingerprint density at radius 3 is 2.76 bits per heavy atom. The first-order valence-corrected chi connectivity index (χ1v) is 9.13. The normalized spacial score (nSPS) is 11.1. The molecule has 0 unspecified atom stereocenters. The lowest BCUT2D eigenvalue weighted by Gasteiger charge is -2.07. The Morgan fingerprint density at radius 1 is 1.04 bits per heavy atom. The van der Waals surface area contributed by atoms with Crippen LogP contribution < -0.4 is 4.74 Å². The topological polar surface area (TPSA) is 52.3 Å². The Bertz CT molecular complexity index is 977. The van der Waals surface area contributed by atoms with E-state index in [0.717, 1.165) is 45.5 Å². The Morgan fingerprint density at radius 2 is 1.92 bits per heavy atom. The van der Waals surface area contributed by atoms with Crippen LogP contribution in [0.15, 0.2) is 54.6 Å². The Hall–Kier alpha value is -2.73. The van der Waals surface area contributed by atoms with Crippen LogP contribution in [0.2, 0.25) is 0 Å². The molecular weight excluding hydrogens is 332 g/mol. The van der Waals surface area contributed by atoms with Crippen LogP contribution in [0, 0.1) is 0 Å². The first-order valence-electron chi connectivity index (χ1n) is 8.32. The fourth-order valence-electron chi connectivity index (χ4n) is 2.61. The van der Waals surface area contributed by atoms with Crippen LogP contribution in [0.5, 0.6) is 5.75 Å². The van der Waals surface area contributed by atoms with Gasteiger partial charge in [-0.3, -0.25) is 0 Å². The van der Waals surface area contributed by atoms with Gasteiger partial charge in [0, 0.05) is 12.0 Å². The zero-order valence-corrected chi connectivity index (χ0v) is 14.7. The van der Waals surface area contributed by atoms with Crippen molar-refractivity contribution in [3.8, 4) is 16.3 Å². The first-order chi connectivity index (χ1) is 12.3. The van der Waals surface area contributed by atoms with Gasteiger partial charge in [0.2, 0.25) is 4.96 Å². The summed E-state index contributed by atoms with van der Waals surface area (Å²) in [4.78, 5) is 0.828. The van der Waals surface area contributed by atoms with Gasteiger partial charge < -0.3 is 4.74 Å². The van der Waals surface area contributed by atoms with Crippen LogP contribution >= 0.6 is 11.3 Å². The minimum atomic E-state index is 0.552. The van der Waals surface area contributed by atoms with Crippen molar-refractivity contribution in [2.45, 2.75) is 26.4 Å². The van der Waals surface area contributed by atoms with E-state index in [2.05, 4.69) is 34.4 Å². The van der Waals surface area contributed by atoms with Crippen LogP contribution in [0.3, 0.4) is 0 Å². The second-order valence-corrected chi connectivity index (χ2v) is 6.73. The van der Waals surface area contributed by atoms with Crippen LogP contribution in [0.25, 0.3) is 15.5 Å². The number of aromatic nitrogens is 4. The highest BCUT2D eigenvalue weighted by atomic mass is 32.1. The number of hydrogen-bond donors (Lipinski definition) is 0. The fourth-order valence-corrected chi connectivity index (χ4v) is 3.47. The minimum Gasteiger partial charge on any atom is -0.489 e. The molecule has 0 saturated carbocycles. The third kappa shape index (κ3) is 3.39. The Kier molecular flexibility index (Phi) is 4.43. The first kappa shape index (κ1) is 15.8. The number of fused-ring (bicyclic) bond motifs is 1. The summed E-state index contributed by atoms with van der Waals surface area (Å²) in [7, 11) is 0. The molecule has 0 fully saturated rings. The van der Waals surface area contributed by atoms with Gasteiger partial charge in [0.25, 0.3) is 0 Å². The number of aryl methyl sites for hydroxylation is 1. The van der Waals surface area contributed by atoms with Crippen molar-refractivity contribution >= 4 is 16.3 Å². The summed E-state index contributed by atoms with van der Waals surface area (Å²) < 4.78 is 7.76. The number of benzene rings is 2. The highest BCUT2D eigenvalue weighted by Crippen LogP contribution is 2.28. The maximum atomic E-state index is 5.91. The maximum Gasteiger partial charge on any atom is 0.234 e. The molecule has 126 valence electrons. The van der Waals surface area contributed by atoms with Gasteiger partial charge in [-0.1, -0.05) is 60.7 Å². The third-order valence-electron chi connectivity index (χ3n) is 3.86. The van der Waals surface area contributed by atoms with E-state index >= 15 is 0 Å². The van der Waals surface area contributed by atoms with Gasteiger partial charge in [0.05, 0.1) is 0 Å². The molecule has 0 amide bonds. The summed E-state index contributed by atoms with van der Waals surface area (Å²) in [5.74, 6) is 1.75. The second-order valence-electron chi connectivity index (χ2n) is 5.77. The molecule has 25 heavy (non-hydrogen) atoms. The summed E-state index contributed by atoms with van der Waals surface area (Å²) in [6, 6.07) is 18.2. The molecule has 0 aliphatic heterocycles. The van der Waals surface area contributed by atoms with Gasteiger partial charge in [-0.05, 0) is 24.1 Å². The molecule has 0 saturated heterocycles. The molecule has 0 bridgehead atoms. The molecule has 0 aliphatic carbocycles. The van der Waals surface area contributed by atoms with E-state index in [4.69, 9.17) is 4.74 Å². The molecule has 4 rings (SSSR count). The monoisotopic (exact) mass is 350 g/mol. The second kappa shape index (κ2) is 7.03. The quantitative estimate of drug-likeness (QED) is 0.518. The van der Waals surface area contributed by atoms with E-state index in [-0.39, 0.29) is 0 Å². The van der Waals surface area contributed by atoms with Crippen LogP contribution in [0.1, 0.15) is 24.7 Å². The van der Waals surface area contributed by atoms with Crippen molar-refractivity contribution in [2.24, 2.45) is 0 Å². The third-order valence-corrected chi connectivity index (χ3v) is 4.81. The molecule has 0 N–H and O–H groups in total. The van der Waals surface area contributed by atoms with Crippen molar-refractivity contribution in [3.63, 3.8) is 0 Å². The smallest absolute Gasteiger partial charge is 0.234 e. The van der Waals surface area contributed by atoms with Crippen LogP contribution in [0.4, 0.5) is 0 Å². The average Bonchev–Trinajstić information content (AvgIpc) is 3.23. The lowest BCUT2D eigenvalue weighted by Crippen LogP contribution is -1.96. The van der Waals surface area contributed by atoms with E-state index in [1.54, 1.807) is 11.3 Å². The SMILES string of the molecule is CCCc1nnc2sc(-c3cccc(OCc4ccccc4)c3)nn12. The van der Waals surface area contributed by atoms with Crippen molar-refractivity contribution in [2.75, 3.05) is 0 Å². The summed E-state index contributed by atoms with van der Waals surface area (Å²) in [6.45, 7) is 2.68. The molecule has 0 radical (unpaired) electrons. The summed E-state index contributed by atoms with van der Waals surface area (Å²) >= 11 is 1.54. The van der Waals surface area contributed by atoms with Gasteiger partial charge in [0.15, 0.2) is 5.82 Å². The zero-order valence-electron chi connectivity index (χ0n) is 13.9. The zero-order chi connectivity index (χ0) is 17.1. The van der Waals surface area contributed by atoms with Crippen LogP contribution in [-0.4, -0.2) is 19.8 Å². The van der Waals surface area contributed by atoms with Crippen molar-refractivity contribution in [3.05, 3.63) is 66.0 Å². The Labute approximate surface area is 149 Å².